The fraction of sp³-hybridized carbons (Fsp3) is 0.278. The maximum Gasteiger partial charge on any atom is 0.265 e. The van der Waals surface area contributed by atoms with Crippen molar-refractivity contribution in [1.82, 2.24) is 9.97 Å². The zero-order chi connectivity index (χ0) is 17.9. The van der Waals surface area contributed by atoms with Gasteiger partial charge in [-0.2, -0.15) is 0 Å². The molecule has 3 heterocycles. The lowest BCUT2D eigenvalue weighted by Gasteiger charge is -2.28. The average molecular weight is 370 g/mol. The number of aromatic nitrogens is 2. The average Bonchev–Trinajstić information content (AvgIpc) is 3.22. The molecule has 0 aliphatic carbocycles. The second-order valence-electron chi connectivity index (χ2n) is 5.79. The maximum absolute atomic E-state index is 12.2. The minimum atomic E-state index is -0.130. The molecule has 26 heavy (non-hydrogen) atoms. The zero-order valence-corrected chi connectivity index (χ0v) is 15.1. The fourth-order valence-corrected chi connectivity index (χ4v) is 3.44. The smallest absolute Gasteiger partial charge is 0.265 e. The lowest BCUT2D eigenvalue weighted by atomic mass is 10.2. The second kappa shape index (κ2) is 7.27. The number of hydrogen-bond acceptors (Lipinski definition) is 7. The van der Waals surface area contributed by atoms with Crippen LogP contribution < -0.4 is 15.0 Å². The van der Waals surface area contributed by atoms with Gasteiger partial charge >= 0.3 is 0 Å². The third kappa shape index (κ3) is 3.33. The molecule has 1 aliphatic rings. The Labute approximate surface area is 154 Å². The van der Waals surface area contributed by atoms with Gasteiger partial charge in [0.05, 0.1) is 36.2 Å². The second-order valence-corrected chi connectivity index (χ2v) is 6.74. The Bertz CT molecular complexity index is 924. The molecule has 1 aromatic carbocycles. The number of benzene rings is 1. The molecule has 1 aliphatic heterocycles. The van der Waals surface area contributed by atoms with Gasteiger partial charge in [0, 0.05) is 18.8 Å². The highest BCUT2D eigenvalue weighted by Gasteiger charge is 2.19. The van der Waals surface area contributed by atoms with E-state index in [1.165, 1.54) is 11.3 Å². The van der Waals surface area contributed by atoms with Crippen LogP contribution in [-0.4, -0.2) is 49.3 Å². The number of carbonyl (C=O) groups is 1. The Kier molecular flexibility index (Phi) is 4.68. The van der Waals surface area contributed by atoms with Gasteiger partial charge in [-0.15, -0.1) is 11.3 Å². The van der Waals surface area contributed by atoms with Gasteiger partial charge in [-0.1, -0.05) is 6.07 Å². The van der Waals surface area contributed by atoms with Crippen molar-refractivity contribution in [3.05, 3.63) is 40.6 Å². The molecule has 4 rings (SSSR count). The standard InChI is InChI=1S/C18H18N4O3S/c1-24-18-16(22-6-8-25-9-7-22)20-14-11-12(4-5-13(14)21-18)19-17(23)15-3-2-10-26-15/h2-5,10-11H,6-9H2,1H3,(H,19,23). The first kappa shape index (κ1) is 16.7. The molecule has 0 unspecified atom stereocenters. The van der Waals surface area contributed by atoms with Crippen molar-refractivity contribution in [3.8, 4) is 5.88 Å². The van der Waals surface area contributed by atoms with Gasteiger partial charge in [0.25, 0.3) is 11.8 Å². The van der Waals surface area contributed by atoms with Gasteiger partial charge in [-0.3, -0.25) is 4.79 Å². The SMILES string of the molecule is COc1nc2ccc(NC(=O)c3cccs3)cc2nc1N1CCOCC1. The first-order valence-electron chi connectivity index (χ1n) is 8.28. The van der Waals surface area contributed by atoms with E-state index in [1.807, 2.05) is 29.6 Å². The summed E-state index contributed by atoms with van der Waals surface area (Å²) >= 11 is 1.41. The van der Waals surface area contributed by atoms with Crippen molar-refractivity contribution in [1.29, 1.82) is 0 Å². The van der Waals surface area contributed by atoms with Crippen molar-refractivity contribution in [2.24, 2.45) is 0 Å². The monoisotopic (exact) mass is 370 g/mol. The van der Waals surface area contributed by atoms with Crippen LogP contribution in [-0.2, 0) is 4.74 Å². The highest BCUT2D eigenvalue weighted by molar-refractivity contribution is 7.12. The number of amides is 1. The van der Waals surface area contributed by atoms with E-state index < -0.39 is 0 Å². The predicted molar refractivity (Wildman–Crippen MR) is 101 cm³/mol. The molecule has 134 valence electrons. The van der Waals surface area contributed by atoms with E-state index >= 15 is 0 Å². The highest BCUT2D eigenvalue weighted by Crippen LogP contribution is 2.28. The van der Waals surface area contributed by atoms with Crippen molar-refractivity contribution < 1.29 is 14.3 Å². The van der Waals surface area contributed by atoms with E-state index in [2.05, 4.69) is 15.2 Å². The van der Waals surface area contributed by atoms with Crippen LogP contribution in [0.1, 0.15) is 9.67 Å². The lowest BCUT2D eigenvalue weighted by molar-refractivity contribution is 0.103. The molecular formula is C18H18N4O3S. The molecule has 1 fully saturated rings. The van der Waals surface area contributed by atoms with Crippen LogP contribution in [0.15, 0.2) is 35.7 Å². The summed E-state index contributed by atoms with van der Waals surface area (Å²) in [6.45, 7) is 2.79. The summed E-state index contributed by atoms with van der Waals surface area (Å²) in [5, 5.41) is 4.78. The van der Waals surface area contributed by atoms with Gasteiger partial charge in [-0.05, 0) is 29.6 Å². The van der Waals surface area contributed by atoms with E-state index in [1.54, 1.807) is 13.2 Å². The van der Waals surface area contributed by atoms with Crippen LogP contribution in [0, 0.1) is 0 Å². The summed E-state index contributed by atoms with van der Waals surface area (Å²) < 4.78 is 10.8. The topological polar surface area (TPSA) is 76.6 Å². The van der Waals surface area contributed by atoms with Gasteiger partial charge < -0.3 is 19.7 Å². The van der Waals surface area contributed by atoms with E-state index in [0.717, 1.165) is 13.1 Å². The Morgan fingerprint density at radius 1 is 1.23 bits per heavy atom. The molecule has 7 nitrogen and oxygen atoms in total. The number of morpholine rings is 1. The number of nitrogens with one attached hydrogen (secondary N) is 1. The molecule has 1 saturated heterocycles. The zero-order valence-electron chi connectivity index (χ0n) is 14.3. The number of anilines is 2. The van der Waals surface area contributed by atoms with Gasteiger partial charge in [-0.25, -0.2) is 9.97 Å². The fourth-order valence-electron chi connectivity index (χ4n) is 2.83. The number of nitrogens with zero attached hydrogens (tertiary/aromatic N) is 3. The molecule has 1 N–H and O–H groups in total. The molecule has 8 heteroatoms. The quantitative estimate of drug-likeness (QED) is 0.761. The Balaban J connectivity index is 1.66. The Hall–Kier alpha value is -2.71. The number of fused-ring (bicyclic) bond motifs is 1. The molecule has 3 aromatic rings. The van der Waals surface area contributed by atoms with E-state index in [9.17, 15) is 4.79 Å². The number of ether oxygens (including phenoxy) is 2. The van der Waals surface area contributed by atoms with Crippen molar-refractivity contribution in [3.63, 3.8) is 0 Å². The largest absolute Gasteiger partial charge is 0.478 e. The highest BCUT2D eigenvalue weighted by atomic mass is 32.1. The van der Waals surface area contributed by atoms with Crippen LogP contribution in [0.25, 0.3) is 11.0 Å². The first-order valence-corrected chi connectivity index (χ1v) is 9.16. The molecule has 1 amide bonds. The lowest BCUT2D eigenvalue weighted by Crippen LogP contribution is -2.37. The summed E-state index contributed by atoms with van der Waals surface area (Å²) in [6.07, 6.45) is 0. The summed E-state index contributed by atoms with van der Waals surface area (Å²) in [5.74, 6) is 1.06. The van der Waals surface area contributed by atoms with Crippen molar-refractivity contribution >= 4 is 39.8 Å². The summed E-state index contributed by atoms with van der Waals surface area (Å²) in [4.78, 5) is 24.3. The van der Waals surface area contributed by atoms with E-state index in [0.29, 0.717) is 46.5 Å². The maximum atomic E-state index is 12.2. The van der Waals surface area contributed by atoms with E-state index in [4.69, 9.17) is 14.5 Å². The third-order valence-electron chi connectivity index (χ3n) is 4.12. The molecule has 0 spiro atoms. The molecule has 0 atom stereocenters. The van der Waals surface area contributed by atoms with E-state index in [-0.39, 0.29) is 5.91 Å². The van der Waals surface area contributed by atoms with Crippen molar-refractivity contribution in [2.75, 3.05) is 43.6 Å². The van der Waals surface area contributed by atoms with Gasteiger partial charge in [0.15, 0.2) is 5.82 Å². The third-order valence-corrected chi connectivity index (χ3v) is 4.99. The molecule has 0 bridgehead atoms. The van der Waals surface area contributed by atoms with Gasteiger partial charge in [0.2, 0.25) is 0 Å². The van der Waals surface area contributed by atoms with Gasteiger partial charge in [0.1, 0.15) is 0 Å². The normalized spacial score (nSPS) is 14.4. The number of rotatable bonds is 4. The molecule has 2 aromatic heterocycles. The number of carbonyl (C=O) groups excluding carboxylic acids is 1. The molecule has 0 saturated carbocycles. The molecular weight excluding hydrogens is 352 g/mol. The summed E-state index contributed by atoms with van der Waals surface area (Å²) in [7, 11) is 1.59. The van der Waals surface area contributed by atoms with Crippen LogP contribution >= 0.6 is 11.3 Å². The Morgan fingerprint density at radius 2 is 2.08 bits per heavy atom. The minimum Gasteiger partial charge on any atom is -0.478 e. The summed E-state index contributed by atoms with van der Waals surface area (Å²) in [5.41, 5.74) is 2.10. The Morgan fingerprint density at radius 3 is 2.81 bits per heavy atom. The van der Waals surface area contributed by atoms with Crippen LogP contribution in [0.4, 0.5) is 11.5 Å². The minimum absolute atomic E-state index is 0.130. The van der Waals surface area contributed by atoms with Crippen molar-refractivity contribution in [2.45, 2.75) is 0 Å². The van der Waals surface area contributed by atoms with Crippen LogP contribution in [0.5, 0.6) is 5.88 Å². The van der Waals surface area contributed by atoms with Crippen LogP contribution in [0.3, 0.4) is 0 Å². The predicted octanol–water partition coefficient (Wildman–Crippen LogP) is 2.79. The molecule has 0 radical (unpaired) electrons. The number of methoxy groups -OCH3 is 1. The first-order chi connectivity index (χ1) is 12.7. The summed E-state index contributed by atoms with van der Waals surface area (Å²) in [6, 6.07) is 9.13. The van der Waals surface area contributed by atoms with Crippen LogP contribution in [0.2, 0.25) is 0 Å². The number of hydrogen-bond donors (Lipinski definition) is 1. The number of thiophene rings is 1.